The van der Waals surface area contributed by atoms with Crippen molar-refractivity contribution in [2.45, 2.75) is 252 Å². The van der Waals surface area contributed by atoms with E-state index < -0.39 is 180 Å². The summed E-state index contributed by atoms with van der Waals surface area (Å²) in [6.45, 7) is 22.4. The number of nitrogens with two attached hydrogens (primary N) is 2. The quantitative estimate of drug-likeness (QED) is 0.0447. The molecule has 608 valence electrons. The Kier molecular flexibility index (Phi) is 41.3. The average molecular weight is 1530 g/mol. The normalized spacial score (nSPS) is 20.9. The van der Waals surface area contributed by atoms with Gasteiger partial charge in [0.1, 0.15) is 66.5 Å². The summed E-state index contributed by atoms with van der Waals surface area (Å²) in [5.74, 6) is -11.1. The molecule has 14 atom stereocenters. The van der Waals surface area contributed by atoms with E-state index in [1.165, 1.54) is 4.90 Å². The van der Waals surface area contributed by atoms with Gasteiger partial charge in [-0.1, -0.05) is 169 Å². The van der Waals surface area contributed by atoms with Gasteiger partial charge in [0.05, 0.1) is 19.2 Å². The molecule has 4 rings (SSSR count). The smallest absolute Gasteiger partial charge is 0.246 e. The van der Waals surface area contributed by atoms with Crippen molar-refractivity contribution >= 4 is 76.8 Å². The fraction of sp³-hybridized carbons (Fsp3) is 0.658. The van der Waals surface area contributed by atoms with Gasteiger partial charge in [-0.15, -0.1) is 0 Å². The lowest BCUT2D eigenvalue weighted by molar-refractivity contribution is -0.143. The van der Waals surface area contributed by atoms with Crippen molar-refractivity contribution in [1.29, 1.82) is 0 Å². The van der Waals surface area contributed by atoms with Crippen LogP contribution in [0.25, 0.3) is 0 Å². The standard InChI is InChI=1S/C79H128N16O14/c1-13-51(11)66(78(108)88-58(68(81)98)40-47(3)4)93-72(102)57-33-22-24-36-83-38-26-25-37-82-35-23-21-32-56(71(101)90-60(42-49(7)8)74(104)94-67(52(12)14-2)79(109)95-39-27-34-63(95)76(106)87-57)86-73(103)59(41-48(5)6)91-77(107)65(50(9)10)92-75(105)62(46-96)85-64(97)45-84-70(100)61(44-54-30-19-16-20-31-54)89-69(99)55(80)43-53-28-17-15-18-29-53/h15-20,25-26,28-31,47-52,55-63,65-67,82-83,96H,13-14,21-24,27,32-46,80H2,1-12H3,(H2,81,98)(H,84,100)(H,85,97)(H,86,103)(H,87,106)(H,88,108)(H,89,99)(H,90,101)(H,91,107)(H,92,105)(H,93,102)(H,94,104)/t51-,52-,55-,56-,57-,58-,59-,60-,61-,62-,63-,65-,66-,67-/m0/s1. The van der Waals surface area contributed by atoms with Crippen LogP contribution in [0.3, 0.4) is 0 Å². The van der Waals surface area contributed by atoms with Crippen LogP contribution >= 0.6 is 0 Å². The van der Waals surface area contributed by atoms with Crippen molar-refractivity contribution in [3.8, 4) is 0 Å². The third-order valence-corrected chi connectivity index (χ3v) is 19.7. The summed E-state index contributed by atoms with van der Waals surface area (Å²) in [6.07, 6.45) is 8.51. The van der Waals surface area contributed by atoms with Crippen molar-refractivity contribution in [1.82, 2.24) is 74.0 Å². The number of hydrogen-bond donors (Lipinski definition) is 16. The number of nitrogens with one attached hydrogen (secondary N) is 13. The SMILES string of the molecule is CC[C@H](C)[C@H](NC(=O)[C@@H]1CCCCNCC=CCNCCCC[C@H](NC(=O)[C@H](CC(C)C)NC(=O)[C@@H](NC(=O)[C@H](CO)NC(=O)CNC(=O)[C@H](Cc2ccccc2)NC(=O)[C@@H](N)Cc2ccccc2)C(C)C)C(=O)N[C@@H](CC(C)C)C(=O)N[C@@H]([C@@H](C)CC)C(=O)N2CCC[C@H]2C(=O)N1)C(=O)N[C@@H](CC(C)C)C(N)=O. The summed E-state index contributed by atoms with van der Waals surface area (Å²) >= 11 is 0. The van der Waals surface area contributed by atoms with Crippen LogP contribution in [0.15, 0.2) is 72.8 Å². The fourth-order valence-electron chi connectivity index (χ4n) is 12.9. The highest BCUT2D eigenvalue weighted by Gasteiger charge is 2.43. The number of nitrogens with zero attached hydrogens (tertiary/aromatic N) is 1. The van der Waals surface area contributed by atoms with Gasteiger partial charge in [0.15, 0.2) is 0 Å². The van der Waals surface area contributed by atoms with Gasteiger partial charge in [-0.25, -0.2) is 0 Å². The number of hydrogen-bond acceptors (Lipinski definition) is 17. The molecule has 13 amide bonds. The second kappa shape index (κ2) is 48.6. The monoisotopic (exact) mass is 1520 g/mol. The molecule has 0 bridgehead atoms. The topological polar surface area (TPSA) is 454 Å². The van der Waals surface area contributed by atoms with E-state index in [-0.39, 0.29) is 75.7 Å². The average Bonchev–Trinajstić information content (AvgIpc) is 1.77. The van der Waals surface area contributed by atoms with Crippen LogP contribution in [0.1, 0.15) is 178 Å². The largest absolute Gasteiger partial charge is 0.394 e. The number of carbonyl (C=O) groups is 13. The molecular formula is C79H128N16O14. The summed E-state index contributed by atoms with van der Waals surface area (Å²) in [5.41, 5.74) is 13.5. The summed E-state index contributed by atoms with van der Waals surface area (Å²) in [7, 11) is 0. The molecule has 0 unspecified atom stereocenters. The van der Waals surface area contributed by atoms with Crippen LogP contribution in [0.4, 0.5) is 0 Å². The van der Waals surface area contributed by atoms with Crippen LogP contribution < -0.4 is 80.6 Å². The summed E-state index contributed by atoms with van der Waals surface area (Å²) in [6, 6.07) is 3.58. The zero-order valence-corrected chi connectivity index (χ0v) is 66.2. The maximum Gasteiger partial charge on any atom is 0.246 e. The number of primary amides is 1. The lowest BCUT2D eigenvalue weighted by atomic mass is 9.95. The predicted molar refractivity (Wildman–Crippen MR) is 416 cm³/mol. The van der Waals surface area contributed by atoms with Crippen molar-refractivity contribution < 1.29 is 67.4 Å². The zero-order valence-electron chi connectivity index (χ0n) is 66.2. The van der Waals surface area contributed by atoms with Crippen molar-refractivity contribution in [3.63, 3.8) is 0 Å². The molecule has 0 aromatic heterocycles. The van der Waals surface area contributed by atoms with E-state index in [1.807, 2.05) is 97.9 Å². The Labute approximate surface area is 644 Å². The fourth-order valence-corrected chi connectivity index (χ4v) is 12.9. The van der Waals surface area contributed by atoms with Crippen LogP contribution in [-0.2, 0) is 75.2 Å². The Morgan fingerprint density at radius 3 is 1.68 bits per heavy atom. The Morgan fingerprint density at radius 2 is 1.12 bits per heavy atom. The Hall–Kier alpha value is -8.87. The van der Waals surface area contributed by atoms with Crippen molar-refractivity contribution in [3.05, 3.63) is 83.9 Å². The molecule has 109 heavy (non-hydrogen) atoms. The maximum absolute atomic E-state index is 15.0. The van der Waals surface area contributed by atoms with Crippen molar-refractivity contribution in [2.24, 2.45) is 47.0 Å². The molecule has 18 N–H and O–H groups in total. The van der Waals surface area contributed by atoms with Gasteiger partial charge < -0.3 is 90.6 Å². The Bertz CT molecular complexity index is 3290. The second-order valence-electron chi connectivity index (χ2n) is 30.7. The van der Waals surface area contributed by atoms with E-state index >= 15 is 4.79 Å². The third-order valence-electron chi connectivity index (χ3n) is 19.7. The third kappa shape index (κ3) is 32.7. The first-order valence-corrected chi connectivity index (χ1v) is 39.2. The van der Waals surface area contributed by atoms with E-state index in [9.17, 15) is 62.6 Å². The molecule has 2 aliphatic rings. The van der Waals surface area contributed by atoms with Gasteiger partial charge in [-0.2, -0.15) is 0 Å². The molecule has 2 heterocycles. The Morgan fingerprint density at radius 1 is 0.550 bits per heavy atom. The number of amides is 13. The summed E-state index contributed by atoms with van der Waals surface area (Å²) in [5, 5.41) is 47.3. The number of aliphatic hydroxyl groups excluding tert-OH is 1. The molecule has 30 nitrogen and oxygen atoms in total. The van der Waals surface area contributed by atoms with Gasteiger partial charge in [-0.05, 0) is 137 Å². The molecular weight excluding hydrogens is 1400 g/mol. The summed E-state index contributed by atoms with van der Waals surface area (Å²) < 4.78 is 0. The van der Waals surface area contributed by atoms with Crippen LogP contribution in [0.2, 0.25) is 0 Å². The number of aliphatic hydroxyl groups is 1. The van der Waals surface area contributed by atoms with Gasteiger partial charge in [0.2, 0.25) is 76.8 Å². The van der Waals surface area contributed by atoms with E-state index in [4.69, 9.17) is 11.5 Å². The highest BCUT2D eigenvalue weighted by atomic mass is 16.3. The first-order chi connectivity index (χ1) is 51.8. The minimum absolute atomic E-state index is 0.0192. The Balaban J connectivity index is 1.56. The minimum Gasteiger partial charge on any atom is -0.394 e. The molecule has 0 radical (unpaired) electrons. The predicted octanol–water partition coefficient (Wildman–Crippen LogP) is 1.21. The first-order valence-electron chi connectivity index (χ1n) is 39.2. The molecule has 2 aliphatic heterocycles. The molecule has 0 aliphatic carbocycles. The minimum atomic E-state index is -1.62. The highest BCUT2D eigenvalue weighted by Crippen LogP contribution is 2.24. The lowest BCUT2D eigenvalue weighted by Crippen LogP contribution is -2.62. The van der Waals surface area contributed by atoms with Gasteiger partial charge in [0, 0.05) is 26.1 Å². The number of fused-ring (bicyclic) bond motifs is 1. The van der Waals surface area contributed by atoms with Crippen molar-refractivity contribution in [2.75, 3.05) is 45.9 Å². The molecule has 1 fully saturated rings. The van der Waals surface area contributed by atoms with Crippen LogP contribution in [-0.4, -0.2) is 205 Å². The molecule has 1 saturated heterocycles. The van der Waals surface area contributed by atoms with Gasteiger partial charge >= 0.3 is 0 Å². The van der Waals surface area contributed by atoms with E-state index in [1.54, 1.807) is 58.0 Å². The van der Waals surface area contributed by atoms with E-state index in [0.29, 0.717) is 76.7 Å². The second-order valence-corrected chi connectivity index (χ2v) is 30.7. The van der Waals surface area contributed by atoms with Crippen LogP contribution in [0, 0.1) is 35.5 Å². The maximum atomic E-state index is 15.0. The lowest BCUT2D eigenvalue weighted by Gasteiger charge is -2.33. The van der Waals surface area contributed by atoms with Gasteiger partial charge in [0.25, 0.3) is 0 Å². The highest BCUT2D eigenvalue weighted by molar-refractivity contribution is 6.00. The summed E-state index contributed by atoms with van der Waals surface area (Å²) in [4.78, 5) is 185. The first kappa shape index (κ1) is 92.5. The van der Waals surface area contributed by atoms with Crippen LogP contribution in [0.5, 0.6) is 0 Å². The molecule has 0 spiro atoms. The number of carbonyl (C=O) groups excluding carboxylic acids is 13. The molecule has 30 heteroatoms. The number of benzene rings is 2. The van der Waals surface area contributed by atoms with E-state index in [0.717, 1.165) is 5.56 Å². The molecule has 2 aromatic carbocycles. The van der Waals surface area contributed by atoms with Gasteiger partial charge in [-0.3, -0.25) is 62.3 Å². The van der Waals surface area contributed by atoms with E-state index in [2.05, 4.69) is 69.1 Å². The molecule has 0 saturated carbocycles. The molecule has 2 aromatic rings. The number of rotatable bonds is 33. The zero-order chi connectivity index (χ0) is 80.9.